The summed E-state index contributed by atoms with van der Waals surface area (Å²) in [5.74, 6) is -2.92. The zero-order valence-electron chi connectivity index (χ0n) is 16.2. The third-order valence-electron chi connectivity index (χ3n) is 3.90. The van der Waals surface area contributed by atoms with Gasteiger partial charge in [0.05, 0.1) is 12.0 Å². The fourth-order valence-corrected chi connectivity index (χ4v) is 2.21. The predicted octanol–water partition coefficient (Wildman–Crippen LogP) is 3.47. The van der Waals surface area contributed by atoms with Crippen LogP contribution in [0.2, 0.25) is 0 Å². The summed E-state index contributed by atoms with van der Waals surface area (Å²) >= 11 is 0. The Labute approximate surface area is 169 Å². The molecule has 0 unspecified atom stereocenters. The number of hydrogen-bond donors (Lipinski definition) is 2. The maximum atomic E-state index is 12.1. The summed E-state index contributed by atoms with van der Waals surface area (Å²) in [5.41, 5.74) is 4.53. The first-order valence-electron chi connectivity index (χ1n) is 8.51. The Balaban J connectivity index is 0.000000396. The summed E-state index contributed by atoms with van der Waals surface area (Å²) in [6.45, 7) is 5.82. The number of alkyl halides is 3. The van der Waals surface area contributed by atoms with Crippen LogP contribution in [0.5, 0.6) is 0 Å². The molecule has 2 N–H and O–H groups in total. The zero-order valence-corrected chi connectivity index (χ0v) is 16.2. The van der Waals surface area contributed by atoms with Crippen LogP contribution in [0.15, 0.2) is 42.9 Å². The number of hydrogen-bond acceptors (Lipinski definition) is 5. The van der Waals surface area contributed by atoms with Gasteiger partial charge in [-0.1, -0.05) is 0 Å². The molecule has 0 aliphatic carbocycles. The zero-order chi connectivity index (χ0) is 22.5. The first kappa shape index (κ1) is 22.5. The molecule has 0 saturated heterocycles. The quantitative estimate of drug-likeness (QED) is 0.670. The summed E-state index contributed by atoms with van der Waals surface area (Å²) in [6.07, 6.45) is -1.72. The highest BCUT2D eigenvalue weighted by Crippen LogP contribution is 2.17. The fraction of sp³-hybridized carbons (Fsp3) is 0.211. The molecule has 158 valence electrons. The minimum absolute atomic E-state index is 0.162. The van der Waals surface area contributed by atoms with Crippen LogP contribution in [0.3, 0.4) is 0 Å². The van der Waals surface area contributed by atoms with Gasteiger partial charge in [-0.15, -0.1) is 0 Å². The molecule has 2 aromatic heterocycles. The molecule has 0 spiro atoms. The fourth-order valence-electron chi connectivity index (χ4n) is 2.21. The monoisotopic (exact) mass is 421 g/mol. The van der Waals surface area contributed by atoms with Crippen molar-refractivity contribution in [3.8, 4) is 5.69 Å². The van der Waals surface area contributed by atoms with Gasteiger partial charge in [-0.25, -0.2) is 19.7 Å². The molecule has 0 aliphatic heterocycles. The molecule has 0 aliphatic rings. The molecule has 3 rings (SSSR count). The number of rotatable bonds is 3. The smallest absolute Gasteiger partial charge is 0.475 e. The summed E-state index contributed by atoms with van der Waals surface area (Å²) in [4.78, 5) is 33.4. The van der Waals surface area contributed by atoms with Crippen molar-refractivity contribution in [2.75, 3.05) is 5.32 Å². The maximum Gasteiger partial charge on any atom is 0.490 e. The Morgan fingerprint density at radius 1 is 1.03 bits per heavy atom. The maximum absolute atomic E-state index is 12.1. The molecule has 0 bridgehead atoms. The lowest BCUT2D eigenvalue weighted by molar-refractivity contribution is -0.192. The molecule has 0 fully saturated rings. The highest BCUT2D eigenvalue weighted by Gasteiger charge is 2.38. The summed E-state index contributed by atoms with van der Waals surface area (Å²) in [7, 11) is 0. The van der Waals surface area contributed by atoms with Gasteiger partial charge in [0.25, 0.3) is 5.91 Å². The Morgan fingerprint density at radius 2 is 1.63 bits per heavy atom. The Bertz CT molecular complexity index is 1050. The highest BCUT2D eigenvalue weighted by atomic mass is 19.4. The van der Waals surface area contributed by atoms with Crippen LogP contribution >= 0.6 is 0 Å². The van der Waals surface area contributed by atoms with Gasteiger partial charge in [0, 0.05) is 29.0 Å². The van der Waals surface area contributed by atoms with Gasteiger partial charge in [-0.05, 0) is 51.1 Å². The second-order valence-corrected chi connectivity index (χ2v) is 6.11. The molecule has 1 aromatic carbocycles. The minimum Gasteiger partial charge on any atom is -0.475 e. The second-order valence-electron chi connectivity index (χ2n) is 6.11. The van der Waals surface area contributed by atoms with E-state index in [0.717, 1.165) is 22.8 Å². The number of amides is 1. The van der Waals surface area contributed by atoms with Crippen LogP contribution in [0, 0.1) is 20.8 Å². The SMILES string of the molecule is Cc1ccnc(C(=O)Nc2ccc(-n3cnc(C)c3C)cc2)n1.O=C(O)C(F)(F)F. The molecule has 1 amide bonds. The molecule has 3 aromatic rings. The van der Waals surface area contributed by atoms with E-state index in [2.05, 4.69) is 20.3 Å². The third kappa shape index (κ3) is 5.87. The van der Waals surface area contributed by atoms with E-state index in [9.17, 15) is 18.0 Å². The van der Waals surface area contributed by atoms with Crippen molar-refractivity contribution in [3.05, 3.63) is 65.8 Å². The Morgan fingerprint density at radius 3 is 2.10 bits per heavy atom. The van der Waals surface area contributed by atoms with E-state index in [-0.39, 0.29) is 11.7 Å². The number of carboxylic acids is 1. The van der Waals surface area contributed by atoms with Crippen molar-refractivity contribution in [3.63, 3.8) is 0 Å². The number of nitrogens with zero attached hydrogens (tertiary/aromatic N) is 4. The standard InChI is InChI=1S/C17H17N5O.C2HF3O2/c1-11-8-9-18-16(20-11)17(23)21-14-4-6-15(7-5-14)22-10-19-12(2)13(22)3;3-2(4,5)1(6)7/h4-10H,1-3H3,(H,21,23);(H,6,7). The number of carboxylic acid groups (broad SMARTS) is 1. The van der Waals surface area contributed by atoms with E-state index in [1.807, 2.05) is 49.6 Å². The molecule has 2 heterocycles. The van der Waals surface area contributed by atoms with Gasteiger partial charge in [-0.3, -0.25) is 4.79 Å². The molecular formula is C19H18F3N5O3. The molecule has 0 saturated carbocycles. The van der Waals surface area contributed by atoms with Gasteiger partial charge in [0.2, 0.25) is 5.82 Å². The number of carbonyl (C=O) groups is 2. The van der Waals surface area contributed by atoms with Crippen LogP contribution in [-0.4, -0.2) is 42.7 Å². The lowest BCUT2D eigenvalue weighted by Gasteiger charge is -2.08. The lowest BCUT2D eigenvalue weighted by atomic mass is 10.2. The highest BCUT2D eigenvalue weighted by molar-refractivity contribution is 6.01. The number of aromatic nitrogens is 4. The first-order chi connectivity index (χ1) is 14.0. The number of halogens is 3. The number of nitrogens with one attached hydrogen (secondary N) is 1. The number of carbonyl (C=O) groups excluding carboxylic acids is 1. The summed E-state index contributed by atoms with van der Waals surface area (Å²) < 4.78 is 33.7. The van der Waals surface area contributed by atoms with Gasteiger partial charge >= 0.3 is 12.1 Å². The van der Waals surface area contributed by atoms with Crippen molar-refractivity contribution in [2.24, 2.45) is 0 Å². The van der Waals surface area contributed by atoms with E-state index in [0.29, 0.717) is 5.69 Å². The molecule has 0 atom stereocenters. The topological polar surface area (TPSA) is 110 Å². The average molecular weight is 421 g/mol. The van der Waals surface area contributed by atoms with Crippen molar-refractivity contribution < 1.29 is 27.9 Å². The molecule has 11 heteroatoms. The average Bonchev–Trinajstić information content (AvgIpc) is 3.01. The van der Waals surface area contributed by atoms with Crippen LogP contribution in [0.1, 0.15) is 27.7 Å². The number of aryl methyl sites for hydroxylation is 2. The molecule has 8 nitrogen and oxygen atoms in total. The van der Waals surface area contributed by atoms with Crippen molar-refractivity contribution in [2.45, 2.75) is 26.9 Å². The second kappa shape index (κ2) is 9.16. The molecule has 30 heavy (non-hydrogen) atoms. The lowest BCUT2D eigenvalue weighted by Crippen LogP contribution is -2.21. The van der Waals surface area contributed by atoms with Crippen molar-refractivity contribution in [1.82, 2.24) is 19.5 Å². The summed E-state index contributed by atoms with van der Waals surface area (Å²) in [6, 6.07) is 9.30. The van der Waals surface area contributed by atoms with Crippen LogP contribution < -0.4 is 5.32 Å². The number of imidazole rings is 1. The van der Waals surface area contributed by atoms with Crippen LogP contribution in [0.4, 0.5) is 18.9 Å². The minimum atomic E-state index is -5.08. The van der Waals surface area contributed by atoms with Crippen LogP contribution in [0.25, 0.3) is 5.69 Å². The Kier molecular flexibility index (Phi) is 6.88. The van der Waals surface area contributed by atoms with Gasteiger partial charge in [0.1, 0.15) is 0 Å². The van der Waals surface area contributed by atoms with Crippen LogP contribution in [-0.2, 0) is 4.79 Å². The van der Waals surface area contributed by atoms with Crippen molar-refractivity contribution >= 4 is 17.6 Å². The first-order valence-corrected chi connectivity index (χ1v) is 8.51. The number of aliphatic carboxylic acids is 1. The van der Waals surface area contributed by atoms with Gasteiger partial charge in [0.15, 0.2) is 0 Å². The van der Waals surface area contributed by atoms with E-state index in [1.165, 1.54) is 0 Å². The van der Waals surface area contributed by atoms with Gasteiger partial charge < -0.3 is 15.0 Å². The number of anilines is 1. The van der Waals surface area contributed by atoms with Gasteiger partial charge in [-0.2, -0.15) is 13.2 Å². The third-order valence-corrected chi connectivity index (χ3v) is 3.90. The van der Waals surface area contributed by atoms with E-state index in [4.69, 9.17) is 9.90 Å². The molecular weight excluding hydrogens is 403 g/mol. The largest absolute Gasteiger partial charge is 0.490 e. The molecule has 0 radical (unpaired) electrons. The number of benzene rings is 1. The normalized spacial score (nSPS) is 10.7. The predicted molar refractivity (Wildman–Crippen MR) is 101 cm³/mol. The van der Waals surface area contributed by atoms with Crippen molar-refractivity contribution in [1.29, 1.82) is 0 Å². The summed E-state index contributed by atoms with van der Waals surface area (Å²) in [5, 5.41) is 9.92. The Hall–Kier alpha value is -3.76. The van der Waals surface area contributed by atoms with E-state index >= 15 is 0 Å². The van der Waals surface area contributed by atoms with E-state index < -0.39 is 12.1 Å². The van der Waals surface area contributed by atoms with E-state index in [1.54, 1.807) is 18.6 Å².